The van der Waals surface area contributed by atoms with E-state index in [1.807, 2.05) is 36.4 Å². The second-order valence-electron chi connectivity index (χ2n) is 6.09. The number of hydrogen-bond acceptors (Lipinski definition) is 5. The van der Waals surface area contributed by atoms with Crippen LogP contribution in [-0.4, -0.2) is 22.9 Å². The second kappa shape index (κ2) is 6.48. The van der Waals surface area contributed by atoms with Gasteiger partial charge in [0.2, 0.25) is 6.10 Å². The van der Waals surface area contributed by atoms with Crippen LogP contribution in [-0.2, 0) is 9.63 Å². The van der Waals surface area contributed by atoms with Crippen LogP contribution >= 0.6 is 0 Å². The first-order valence-corrected chi connectivity index (χ1v) is 8.30. The van der Waals surface area contributed by atoms with Gasteiger partial charge in [-0.2, -0.15) is 0 Å². The molecule has 0 fully saturated rings. The number of carbonyl (C=O) groups is 1. The molecular formula is C20H17N3O3. The van der Waals surface area contributed by atoms with Crippen LogP contribution in [0.5, 0.6) is 0 Å². The standard InChI is InChI=1S/C20H17N3O3/c1-12-11-18(22-25-12)21-20(24)13(2)26-23-19-16-9-5-3-7-14(16)15-8-4-6-10-17(15)19/h3-11,13H,1-2H3,(H,21,22,24)/t13-/m1/s1. The molecule has 3 aromatic rings. The number of aryl methyl sites for hydroxylation is 1. The number of hydrogen-bond donors (Lipinski definition) is 1. The van der Waals surface area contributed by atoms with Gasteiger partial charge in [0.25, 0.3) is 5.91 Å². The Morgan fingerprint density at radius 3 is 2.19 bits per heavy atom. The maximum absolute atomic E-state index is 12.2. The fourth-order valence-corrected chi connectivity index (χ4v) is 2.93. The lowest BCUT2D eigenvalue weighted by Crippen LogP contribution is -2.26. The number of amides is 1. The van der Waals surface area contributed by atoms with E-state index in [2.05, 4.69) is 27.8 Å². The highest BCUT2D eigenvalue weighted by Crippen LogP contribution is 2.36. The zero-order chi connectivity index (χ0) is 18.1. The Hall–Kier alpha value is -3.41. The van der Waals surface area contributed by atoms with Gasteiger partial charge in [-0.15, -0.1) is 0 Å². The molecule has 1 aliphatic carbocycles. The average Bonchev–Trinajstić information content (AvgIpc) is 3.21. The molecule has 1 aromatic heterocycles. The summed E-state index contributed by atoms with van der Waals surface area (Å²) >= 11 is 0. The normalized spacial score (nSPS) is 12.9. The summed E-state index contributed by atoms with van der Waals surface area (Å²) in [7, 11) is 0. The molecule has 4 rings (SSSR count). The summed E-state index contributed by atoms with van der Waals surface area (Å²) in [6, 6.07) is 17.7. The van der Waals surface area contributed by atoms with Crippen LogP contribution in [0, 0.1) is 6.92 Å². The Balaban J connectivity index is 1.56. The van der Waals surface area contributed by atoms with Crippen molar-refractivity contribution >= 4 is 17.4 Å². The third kappa shape index (κ3) is 2.86. The zero-order valence-corrected chi connectivity index (χ0v) is 14.4. The maximum atomic E-state index is 12.2. The third-order valence-corrected chi connectivity index (χ3v) is 4.21. The van der Waals surface area contributed by atoms with Crippen LogP contribution in [0.2, 0.25) is 0 Å². The number of rotatable bonds is 4. The number of nitrogens with zero attached hydrogens (tertiary/aromatic N) is 2. The second-order valence-corrected chi connectivity index (χ2v) is 6.09. The number of carbonyl (C=O) groups excluding carboxylic acids is 1. The molecule has 1 N–H and O–H groups in total. The van der Waals surface area contributed by atoms with Crippen LogP contribution in [0.1, 0.15) is 23.8 Å². The highest BCUT2D eigenvalue weighted by Gasteiger charge is 2.25. The van der Waals surface area contributed by atoms with Gasteiger partial charge in [0.1, 0.15) is 11.5 Å². The molecule has 0 aliphatic heterocycles. The number of benzene rings is 2. The molecule has 6 heteroatoms. The van der Waals surface area contributed by atoms with E-state index in [1.54, 1.807) is 19.9 Å². The summed E-state index contributed by atoms with van der Waals surface area (Å²) < 4.78 is 4.93. The molecule has 0 spiro atoms. The van der Waals surface area contributed by atoms with Gasteiger partial charge < -0.3 is 14.7 Å². The SMILES string of the molecule is Cc1cc(NC(=O)[C@@H](C)ON=C2c3ccccc3-c3ccccc32)no1. The molecule has 1 amide bonds. The molecule has 2 aromatic carbocycles. The van der Waals surface area contributed by atoms with Crippen molar-refractivity contribution in [2.45, 2.75) is 20.0 Å². The number of anilines is 1. The van der Waals surface area contributed by atoms with Gasteiger partial charge in [-0.05, 0) is 25.0 Å². The fourth-order valence-electron chi connectivity index (χ4n) is 2.93. The van der Waals surface area contributed by atoms with Crippen molar-refractivity contribution in [2.75, 3.05) is 5.32 Å². The summed E-state index contributed by atoms with van der Waals surface area (Å²) in [6.45, 7) is 3.39. The molecule has 1 aliphatic rings. The Morgan fingerprint density at radius 1 is 1.08 bits per heavy atom. The largest absolute Gasteiger partial charge is 0.382 e. The van der Waals surface area contributed by atoms with E-state index < -0.39 is 6.10 Å². The van der Waals surface area contributed by atoms with E-state index in [9.17, 15) is 4.79 Å². The molecule has 0 radical (unpaired) electrons. The van der Waals surface area contributed by atoms with Crippen molar-refractivity contribution in [3.8, 4) is 11.1 Å². The molecule has 0 unspecified atom stereocenters. The predicted octanol–water partition coefficient (Wildman–Crippen LogP) is 3.76. The van der Waals surface area contributed by atoms with E-state index in [1.165, 1.54) is 0 Å². The Labute approximate surface area is 150 Å². The zero-order valence-electron chi connectivity index (χ0n) is 14.4. The van der Waals surface area contributed by atoms with Gasteiger partial charge in [-0.1, -0.05) is 58.8 Å². The number of fused-ring (bicyclic) bond motifs is 3. The van der Waals surface area contributed by atoms with Crippen LogP contribution in [0.4, 0.5) is 5.82 Å². The monoisotopic (exact) mass is 347 g/mol. The Morgan fingerprint density at radius 2 is 1.65 bits per heavy atom. The summed E-state index contributed by atoms with van der Waals surface area (Å²) in [5.74, 6) is 0.627. The molecule has 1 heterocycles. The highest BCUT2D eigenvalue weighted by atomic mass is 16.6. The summed E-state index contributed by atoms with van der Waals surface area (Å²) in [4.78, 5) is 17.7. The molecule has 130 valence electrons. The van der Waals surface area contributed by atoms with Crippen molar-refractivity contribution in [2.24, 2.45) is 5.16 Å². The van der Waals surface area contributed by atoms with Gasteiger partial charge in [0.15, 0.2) is 5.82 Å². The van der Waals surface area contributed by atoms with E-state index in [0.717, 1.165) is 28.0 Å². The van der Waals surface area contributed by atoms with Crippen molar-refractivity contribution in [3.63, 3.8) is 0 Å². The number of aromatic nitrogens is 1. The van der Waals surface area contributed by atoms with E-state index in [4.69, 9.17) is 9.36 Å². The van der Waals surface area contributed by atoms with Gasteiger partial charge in [-0.3, -0.25) is 4.79 Å². The lowest BCUT2D eigenvalue weighted by atomic mass is 10.1. The molecule has 0 bridgehead atoms. The molecule has 0 saturated heterocycles. The van der Waals surface area contributed by atoms with Crippen LogP contribution in [0.15, 0.2) is 64.3 Å². The van der Waals surface area contributed by atoms with Gasteiger partial charge in [0, 0.05) is 17.2 Å². The van der Waals surface area contributed by atoms with Gasteiger partial charge in [0.05, 0.1) is 0 Å². The van der Waals surface area contributed by atoms with Crippen molar-refractivity contribution in [3.05, 3.63) is 71.5 Å². The minimum absolute atomic E-state index is 0.345. The fraction of sp³-hybridized carbons (Fsp3) is 0.150. The number of oxime groups is 1. The van der Waals surface area contributed by atoms with Crippen molar-refractivity contribution < 1.29 is 14.2 Å². The highest BCUT2D eigenvalue weighted by molar-refractivity contribution is 6.24. The molecule has 1 atom stereocenters. The molecule has 0 saturated carbocycles. The van der Waals surface area contributed by atoms with Gasteiger partial charge >= 0.3 is 0 Å². The average molecular weight is 347 g/mol. The topological polar surface area (TPSA) is 76.7 Å². The van der Waals surface area contributed by atoms with E-state index >= 15 is 0 Å². The number of nitrogens with one attached hydrogen (secondary N) is 1. The summed E-state index contributed by atoms with van der Waals surface area (Å²) in [5, 5.41) is 10.7. The van der Waals surface area contributed by atoms with Crippen molar-refractivity contribution in [1.82, 2.24) is 5.16 Å². The molecule has 26 heavy (non-hydrogen) atoms. The quantitative estimate of drug-likeness (QED) is 0.570. The molecular weight excluding hydrogens is 330 g/mol. The smallest absolute Gasteiger partial charge is 0.269 e. The van der Waals surface area contributed by atoms with Crippen LogP contribution in [0.3, 0.4) is 0 Å². The Bertz CT molecular complexity index is 959. The van der Waals surface area contributed by atoms with Gasteiger partial charge in [-0.25, -0.2) is 0 Å². The molecule has 6 nitrogen and oxygen atoms in total. The maximum Gasteiger partial charge on any atom is 0.269 e. The first-order chi connectivity index (χ1) is 12.6. The van der Waals surface area contributed by atoms with Crippen LogP contribution < -0.4 is 5.32 Å². The van der Waals surface area contributed by atoms with E-state index in [0.29, 0.717) is 11.6 Å². The summed E-state index contributed by atoms with van der Waals surface area (Å²) in [5.41, 5.74) is 4.94. The Kier molecular flexibility index (Phi) is 4.01. The van der Waals surface area contributed by atoms with E-state index in [-0.39, 0.29) is 5.91 Å². The summed E-state index contributed by atoms with van der Waals surface area (Å²) in [6.07, 6.45) is -0.778. The lowest BCUT2D eigenvalue weighted by Gasteiger charge is -2.10. The predicted molar refractivity (Wildman–Crippen MR) is 97.9 cm³/mol. The first kappa shape index (κ1) is 16.1. The third-order valence-electron chi connectivity index (χ3n) is 4.21. The first-order valence-electron chi connectivity index (χ1n) is 8.30. The van der Waals surface area contributed by atoms with Crippen molar-refractivity contribution in [1.29, 1.82) is 0 Å². The van der Waals surface area contributed by atoms with Crippen LogP contribution in [0.25, 0.3) is 11.1 Å². The minimum atomic E-state index is -0.778. The lowest BCUT2D eigenvalue weighted by molar-refractivity contribution is -0.126. The minimum Gasteiger partial charge on any atom is -0.382 e.